The smallest absolute Gasteiger partial charge is 0.188 e. The van der Waals surface area contributed by atoms with Gasteiger partial charge in [0.15, 0.2) is 17.5 Å². The van der Waals surface area contributed by atoms with Crippen LogP contribution in [0.2, 0.25) is 0 Å². The molecule has 0 saturated heterocycles. The Morgan fingerprint density at radius 1 is 1.07 bits per heavy atom. The van der Waals surface area contributed by atoms with Gasteiger partial charge < -0.3 is 25.3 Å². The highest BCUT2D eigenvalue weighted by atomic mass is 16.5. The number of aliphatic imine (C=N–C) groups is 1. The number of guanidine groups is 1. The Labute approximate surface area is 167 Å². The number of hydrogen-bond donors (Lipinski definition) is 2. The molecule has 0 radical (unpaired) electrons. The van der Waals surface area contributed by atoms with Crippen LogP contribution in [0.1, 0.15) is 16.7 Å². The minimum atomic E-state index is 0.411. The normalized spacial score (nSPS) is 11.0. The van der Waals surface area contributed by atoms with Gasteiger partial charge in [-0.2, -0.15) is 0 Å². The summed E-state index contributed by atoms with van der Waals surface area (Å²) in [7, 11) is 4.91. The van der Waals surface area contributed by atoms with Gasteiger partial charge in [0.1, 0.15) is 5.75 Å². The molecular weight excluding hydrogens is 354 g/mol. The van der Waals surface area contributed by atoms with Crippen LogP contribution in [-0.4, -0.2) is 33.8 Å². The van der Waals surface area contributed by atoms with Crippen LogP contribution in [0.3, 0.4) is 0 Å². The molecule has 0 fully saturated rings. The van der Waals surface area contributed by atoms with Crippen molar-refractivity contribution in [3.63, 3.8) is 0 Å². The van der Waals surface area contributed by atoms with Crippen LogP contribution >= 0.6 is 0 Å². The molecule has 2 aromatic rings. The number of hydrogen-bond acceptors (Lipinski definition) is 4. The minimum absolute atomic E-state index is 0.411. The van der Waals surface area contributed by atoms with Gasteiger partial charge in [-0.1, -0.05) is 18.2 Å². The van der Waals surface area contributed by atoms with E-state index in [-0.39, 0.29) is 0 Å². The SMILES string of the molecule is C=CCc1cc(CN=C(N)NCCc2ccc(OC)cc2)cc(OC)c1OC. The molecule has 0 atom stereocenters. The second-order valence-corrected chi connectivity index (χ2v) is 6.21. The summed E-state index contributed by atoms with van der Waals surface area (Å²) in [6.45, 7) is 4.95. The molecule has 0 heterocycles. The maximum Gasteiger partial charge on any atom is 0.188 e. The average Bonchev–Trinajstić information content (AvgIpc) is 2.72. The topological polar surface area (TPSA) is 78.1 Å². The predicted molar refractivity (Wildman–Crippen MR) is 113 cm³/mol. The Bertz CT molecular complexity index is 801. The molecule has 0 aliphatic rings. The number of ether oxygens (including phenoxy) is 3. The van der Waals surface area contributed by atoms with Gasteiger partial charge in [-0.3, -0.25) is 0 Å². The van der Waals surface area contributed by atoms with Crippen LogP contribution in [0.4, 0.5) is 0 Å². The zero-order chi connectivity index (χ0) is 20.4. The zero-order valence-corrected chi connectivity index (χ0v) is 16.8. The van der Waals surface area contributed by atoms with E-state index in [1.165, 1.54) is 5.56 Å². The summed E-state index contributed by atoms with van der Waals surface area (Å²) in [5.74, 6) is 2.66. The van der Waals surface area contributed by atoms with Gasteiger partial charge >= 0.3 is 0 Å². The van der Waals surface area contributed by atoms with E-state index in [9.17, 15) is 0 Å². The van der Waals surface area contributed by atoms with Gasteiger partial charge in [0.2, 0.25) is 0 Å². The van der Waals surface area contributed by atoms with Crippen molar-refractivity contribution in [3.8, 4) is 17.2 Å². The van der Waals surface area contributed by atoms with E-state index >= 15 is 0 Å². The molecule has 28 heavy (non-hydrogen) atoms. The summed E-state index contributed by atoms with van der Waals surface area (Å²) in [6, 6.07) is 11.9. The van der Waals surface area contributed by atoms with Crippen molar-refractivity contribution in [1.82, 2.24) is 5.32 Å². The standard InChI is InChI=1S/C22H29N3O3/c1-5-6-18-13-17(14-20(27-3)21(18)28-4)15-25-22(23)24-12-11-16-7-9-19(26-2)10-8-16/h5,7-10,13-14H,1,6,11-12,15H2,2-4H3,(H3,23,24,25). The van der Waals surface area contributed by atoms with Crippen molar-refractivity contribution < 1.29 is 14.2 Å². The van der Waals surface area contributed by atoms with Gasteiger partial charge in [0, 0.05) is 12.1 Å². The van der Waals surface area contributed by atoms with E-state index in [4.69, 9.17) is 19.9 Å². The molecule has 0 amide bonds. The molecule has 0 saturated carbocycles. The highest BCUT2D eigenvalue weighted by Crippen LogP contribution is 2.33. The zero-order valence-electron chi connectivity index (χ0n) is 16.8. The first-order valence-electron chi connectivity index (χ1n) is 9.12. The van der Waals surface area contributed by atoms with Crippen LogP contribution in [-0.2, 0) is 19.4 Å². The lowest BCUT2D eigenvalue weighted by Gasteiger charge is -2.14. The number of methoxy groups -OCH3 is 3. The molecule has 0 aliphatic carbocycles. The lowest BCUT2D eigenvalue weighted by molar-refractivity contribution is 0.352. The molecule has 2 rings (SSSR count). The highest BCUT2D eigenvalue weighted by molar-refractivity contribution is 5.77. The molecule has 0 bridgehead atoms. The van der Waals surface area contributed by atoms with E-state index in [2.05, 4.69) is 16.9 Å². The second-order valence-electron chi connectivity index (χ2n) is 6.21. The Morgan fingerprint density at radius 3 is 2.43 bits per heavy atom. The Hall–Kier alpha value is -3.15. The molecule has 0 unspecified atom stereocenters. The first-order valence-corrected chi connectivity index (χ1v) is 9.12. The largest absolute Gasteiger partial charge is 0.497 e. The first-order chi connectivity index (χ1) is 13.6. The maximum absolute atomic E-state index is 6.00. The van der Waals surface area contributed by atoms with Crippen LogP contribution in [0.5, 0.6) is 17.2 Å². The van der Waals surface area contributed by atoms with Crippen molar-refractivity contribution in [2.45, 2.75) is 19.4 Å². The van der Waals surface area contributed by atoms with Crippen LogP contribution in [0.25, 0.3) is 0 Å². The molecule has 0 aromatic heterocycles. The fraction of sp³-hybridized carbons (Fsp3) is 0.318. The number of rotatable bonds is 10. The highest BCUT2D eigenvalue weighted by Gasteiger charge is 2.11. The maximum atomic E-state index is 6.00. The van der Waals surface area contributed by atoms with Gasteiger partial charge in [-0.25, -0.2) is 4.99 Å². The third kappa shape index (κ3) is 5.94. The van der Waals surface area contributed by atoms with Crippen molar-refractivity contribution in [1.29, 1.82) is 0 Å². The number of nitrogens with one attached hydrogen (secondary N) is 1. The van der Waals surface area contributed by atoms with Crippen molar-refractivity contribution in [2.75, 3.05) is 27.9 Å². The third-order valence-corrected chi connectivity index (χ3v) is 4.29. The molecule has 0 spiro atoms. The van der Waals surface area contributed by atoms with E-state index in [0.29, 0.717) is 31.2 Å². The summed E-state index contributed by atoms with van der Waals surface area (Å²) >= 11 is 0. The van der Waals surface area contributed by atoms with Crippen LogP contribution in [0, 0.1) is 0 Å². The quantitative estimate of drug-likeness (QED) is 0.374. The van der Waals surface area contributed by atoms with Gasteiger partial charge in [-0.15, -0.1) is 6.58 Å². The first kappa shape index (κ1) is 21.2. The van der Waals surface area contributed by atoms with E-state index in [1.807, 2.05) is 42.5 Å². The fourth-order valence-corrected chi connectivity index (χ4v) is 2.86. The second kappa shape index (κ2) is 10.9. The summed E-state index contributed by atoms with van der Waals surface area (Å²) in [5, 5.41) is 3.15. The van der Waals surface area contributed by atoms with Gasteiger partial charge in [0.25, 0.3) is 0 Å². The average molecular weight is 383 g/mol. The summed E-state index contributed by atoms with van der Waals surface area (Å²) in [6.07, 6.45) is 3.37. The molecule has 6 heteroatoms. The van der Waals surface area contributed by atoms with Gasteiger partial charge in [0.05, 0.1) is 27.9 Å². The van der Waals surface area contributed by atoms with Crippen molar-refractivity contribution >= 4 is 5.96 Å². The number of nitrogens with two attached hydrogens (primary N) is 1. The monoisotopic (exact) mass is 383 g/mol. The third-order valence-electron chi connectivity index (χ3n) is 4.29. The molecule has 3 N–H and O–H groups in total. The fourth-order valence-electron chi connectivity index (χ4n) is 2.86. The Balaban J connectivity index is 1.95. The van der Waals surface area contributed by atoms with Crippen LogP contribution < -0.4 is 25.3 Å². The molecule has 2 aromatic carbocycles. The number of benzene rings is 2. The summed E-state index contributed by atoms with van der Waals surface area (Å²) in [5.41, 5.74) is 9.21. The van der Waals surface area contributed by atoms with Gasteiger partial charge in [-0.05, 0) is 48.2 Å². The van der Waals surface area contributed by atoms with Crippen molar-refractivity contribution in [3.05, 3.63) is 65.7 Å². The van der Waals surface area contributed by atoms with Crippen molar-refractivity contribution in [2.24, 2.45) is 10.7 Å². The molecule has 150 valence electrons. The lowest BCUT2D eigenvalue weighted by atomic mass is 10.1. The lowest BCUT2D eigenvalue weighted by Crippen LogP contribution is -2.33. The molecule has 0 aliphatic heterocycles. The molecule has 6 nitrogen and oxygen atoms in total. The summed E-state index contributed by atoms with van der Waals surface area (Å²) in [4.78, 5) is 4.43. The predicted octanol–water partition coefficient (Wildman–Crippen LogP) is 3.09. The minimum Gasteiger partial charge on any atom is -0.497 e. The van der Waals surface area contributed by atoms with Crippen LogP contribution in [0.15, 0.2) is 54.0 Å². The number of allylic oxidation sites excluding steroid dienone is 1. The summed E-state index contributed by atoms with van der Waals surface area (Å²) < 4.78 is 16.1. The van der Waals surface area contributed by atoms with E-state index in [1.54, 1.807) is 21.3 Å². The Morgan fingerprint density at radius 2 is 1.82 bits per heavy atom. The Kier molecular flexibility index (Phi) is 8.21. The molecular formula is C22H29N3O3. The van der Waals surface area contributed by atoms with E-state index in [0.717, 1.165) is 29.0 Å². The van der Waals surface area contributed by atoms with E-state index < -0.39 is 0 Å². The number of nitrogens with zero attached hydrogens (tertiary/aromatic N) is 1.